The second-order valence-electron chi connectivity index (χ2n) is 4.20. The van der Waals surface area contributed by atoms with Crippen molar-refractivity contribution in [1.82, 2.24) is 15.3 Å². The number of rotatable bonds is 7. The van der Waals surface area contributed by atoms with E-state index in [1.807, 2.05) is 19.3 Å². The lowest BCUT2D eigenvalue weighted by Crippen LogP contribution is -2.09. The average molecular weight is 481 g/mol. The number of aliphatic hydroxyl groups excluding tert-OH is 1. The van der Waals surface area contributed by atoms with Crippen molar-refractivity contribution in [3.63, 3.8) is 0 Å². The van der Waals surface area contributed by atoms with E-state index in [4.69, 9.17) is 5.11 Å². The molecule has 0 aliphatic heterocycles. The van der Waals surface area contributed by atoms with Crippen LogP contribution in [0, 0.1) is 0 Å². The molecule has 0 amide bonds. The number of hydrogen-bond acceptors (Lipinski definition) is 6. The third-order valence-electron chi connectivity index (χ3n) is 2.34. The van der Waals surface area contributed by atoms with E-state index in [0.717, 1.165) is 31.9 Å². The summed E-state index contributed by atoms with van der Waals surface area (Å²) >= 11 is 10.1. The SMILES string of the molecule is CNCCSc1cncc(Br)c1.OCCSc1cncc(Br)c1. The second kappa shape index (κ2) is 13.2. The molecule has 2 aromatic heterocycles. The Morgan fingerprint density at radius 1 is 0.957 bits per heavy atom. The Balaban J connectivity index is 0.000000231. The lowest BCUT2D eigenvalue weighted by molar-refractivity contribution is 0.322. The molecule has 0 bridgehead atoms. The predicted molar refractivity (Wildman–Crippen MR) is 106 cm³/mol. The molecule has 0 aliphatic rings. The number of aromatic nitrogens is 2. The average Bonchev–Trinajstić information content (AvgIpc) is 2.54. The van der Waals surface area contributed by atoms with E-state index >= 15 is 0 Å². The first-order valence-corrected chi connectivity index (χ1v) is 10.4. The van der Waals surface area contributed by atoms with Crippen molar-refractivity contribution in [2.45, 2.75) is 9.79 Å². The summed E-state index contributed by atoms with van der Waals surface area (Å²) in [6.45, 7) is 1.23. The quantitative estimate of drug-likeness (QED) is 0.459. The first kappa shape index (κ1) is 20.9. The van der Waals surface area contributed by atoms with E-state index in [1.165, 1.54) is 4.90 Å². The molecule has 2 N–H and O–H groups in total. The number of thioether (sulfide) groups is 2. The smallest absolute Gasteiger partial charge is 0.0525 e. The zero-order chi connectivity index (χ0) is 16.9. The van der Waals surface area contributed by atoms with Gasteiger partial charge in [-0.05, 0) is 51.0 Å². The minimum Gasteiger partial charge on any atom is -0.396 e. The van der Waals surface area contributed by atoms with Gasteiger partial charge in [-0.15, -0.1) is 23.5 Å². The molecule has 2 rings (SSSR count). The summed E-state index contributed by atoms with van der Waals surface area (Å²) in [4.78, 5) is 10.3. The summed E-state index contributed by atoms with van der Waals surface area (Å²) in [6.07, 6.45) is 7.20. The Hall–Kier alpha value is -0.120. The Labute approximate surface area is 162 Å². The van der Waals surface area contributed by atoms with Crippen LogP contribution in [0.3, 0.4) is 0 Å². The molecule has 2 aromatic rings. The lowest BCUT2D eigenvalue weighted by atomic mass is 10.5. The summed E-state index contributed by atoms with van der Waals surface area (Å²) < 4.78 is 2.01. The molecule has 0 saturated heterocycles. The first-order chi connectivity index (χ1) is 11.2. The van der Waals surface area contributed by atoms with Gasteiger partial charge in [0.15, 0.2) is 0 Å². The largest absolute Gasteiger partial charge is 0.396 e. The van der Waals surface area contributed by atoms with Gasteiger partial charge in [-0.2, -0.15) is 0 Å². The van der Waals surface area contributed by atoms with Gasteiger partial charge in [-0.1, -0.05) is 0 Å². The Kier molecular flexibility index (Phi) is 12.0. The van der Waals surface area contributed by atoms with Crippen molar-refractivity contribution in [2.24, 2.45) is 0 Å². The molecule has 0 atom stereocenters. The van der Waals surface area contributed by atoms with Gasteiger partial charge in [0.2, 0.25) is 0 Å². The molecule has 0 spiro atoms. The first-order valence-electron chi connectivity index (χ1n) is 6.88. The second-order valence-corrected chi connectivity index (χ2v) is 8.37. The van der Waals surface area contributed by atoms with Crippen molar-refractivity contribution in [3.05, 3.63) is 45.9 Å². The molecule has 2 heterocycles. The van der Waals surface area contributed by atoms with Crippen molar-refractivity contribution in [1.29, 1.82) is 0 Å². The summed E-state index contributed by atoms with van der Waals surface area (Å²) in [6, 6.07) is 4.06. The molecule has 4 nitrogen and oxygen atoms in total. The normalized spacial score (nSPS) is 10.1. The number of halogens is 2. The van der Waals surface area contributed by atoms with E-state index in [1.54, 1.807) is 42.1 Å². The standard InChI is InChI=1S/C8H11BrN2S.C7H8BrNOS/c1-10-2-3-12-8-4-7(9)5-11-6-8;8-6-3-7(5-9-4-6)11-2-1-10/h4-6,10H,2-3H2,1H3;3-5,10H,1-2H2. The third kappa shape index (κ3) is 10.4. The maximum Gasteiger partial charge on any atom is 0.0525 e. The van der Waals surface area contributed by atoms with Crippen LogP contribution in [0.2, 0.25) is 0 Å². The highest BCUT2D eigenvalue weighted by molar-refractivity contribution is 9.10. The molecular formula is C15H19Br2N3OS2. The van der Waals surface area contributed by atoms with Crippen molar-refractivity contribution in [2.75, 3.05) is 31.7 Å². The molecule has 0 unspecified atom stereocenters. The van der Waals surface area contributed by atoms with Crippen molar-refractivity contribution >= 4 is 55.4 Å². The summed E-state index contributed by atoms with van der Waals surface area (Å²) in [7, 11) is 1.96. The zero-order valence-corrected chi connectivity index (χ0v) is 17.5. The number of hydrogen-bond donors (Lipinski definition) is 2. The topological polar surface area (TPSA) is 58.0 Å². The van der Waals surface area contributed by atoms with E-state index in [2.05, 4.69) is 53.2 Å². The maximum atomic E-state index is 8.54. The molecule has 0 radical (unpaired) electrons. The molecule has 0 saturated carbocycles. The van der Waals surface area contributed by atoms with Crippen LogP contribution in [0.1, 0.15) is 0 Å². The van der Waals surface area contributed by atoms with Gasteiger partial charge in [-0.3, -0.25) is 9.97 Å². The van der Waals surface area contributed by atoms with Gasteiger partial charge in [0.25, 0.3) is 0 Å². The van der Waals surface area contributed by atoms with Crippen LogP contribution in [0.15, 0.2) is 55.7 Å². The van der Waals surface area contributed by atoms with E-state index in [-0.39, 0.29) is 6.61 Å². The van der Waals surface area contributed by atoms with Gasteiger partial charge in [0.05, 0.1) is 6.61 Å². The van der Waals surface area contributed by atoms with Gasteiger partial charge in [0.1, 0.15) is 0 Å². The summed E-state index contributed by atoms with van der Waals surface area (Å²) in [5.74, 6) is 1.80. The van der Waals surface area contributed by atoms with Crippen LogP contribution in [0.4, 0.5) is 0 Å². The number of nitrogens with one attached hydrogen (secondary N) is 1. The molecule has 0 fully saturated rings. The van der Waals surface area contributed by atoms with Crippen LogP contribution in [0.25, 0.3) is 0 Å². The van der Waals surface area contributed by atoms with Gasteiger partial charge in [0, 0.05) is 61.6 Å². The van der Waals surface area contributed by atoms with Crippen molar-refractivity contribution < 1.29 is 5.11 Å². The van der Waals surface area contributed by atoms with E-state index in [9.17, 15) is 0 Å². The van der Waals surface area contributed by atoms with Crippen molar-refractivity contribution in [3.8, 4) is 0 Å². The van der Waals surface area contributed by atoms with Gasteiger partial charge < -0.3 is 10.4 Å². The molecule has 0 aromatic carbocycles. The molecule has 0 aliphatic carbocycles. The highest BCUT2D eigenvalue weighted by Crippen LogP contribution is 2.20. The molecule has 8 heteroatoms. The Morgan fingerprint density at radius 3 is 1.91 bits per heavy atom. The van der Waals surface area contributed by atoms with Gasteiger partial charge >= 0.3 is 0 Å². The minimum absolute atomic E-state index is 0.206. The van der Waals surface area contributed by atoms with E-state index < -0.39 is 0 Å². The summed E-state index contributed by atoms with van der Waals surface area (Å²) in [5.41, 5.74) is 0. The van der Waals surface area contributed by atoms with Crippen LogP contribution >= 0.6 is 55.4 Å². The van der Waals surface area contributed by atoms with Crippen LogP contribution in [-0.4, -0.2) is 46.8 Å². The third-order valence-corrected chi connectivity index (χ3v) is 5.12. The van der Waals surface area contributed by atoms with Crippen LogP contribution < -0.4 is 5.32 Å². The Bertz CT molecular complexity index is 576. The highest BCUT2D eigenvalue weighted by Gasteiger charge is 1.94. The van der Waals surface area contributed by atoms with Crippen LogP contribution in [0.5, 0.6) is 0 Å². The lowest BCUT2D eigenvalue weighted by Gasteiger charge is -2.00. The molecular weight excluding hydrogens is 462 g/mol. The summed E-state index contributed by atoms with van der Waals surface area (Å²) in [5, 5.41) is 11.6. The fourth-order valence-electron chi connectivity index (χ4n) is 1.38. The number of aliphatic hydroxyl groups is 1. The Morgan fingerprint density at radius 2 is 1.48 bits per heavy atom. The van der Waals surface area contributed by atoms with Gasteiger partial charge in [-0.25, -0.2) is 0 Å². The number of pyridine rings is 2. The molecule has 126 valence electrons. The molecule has 23 heavy (non-hydrogen) atoms. The maximum absolute atomic E-state index is 8.54. The minimum atomic E-state index is 0.206. The van der Waals surface area contributed by atoms with E-state index in [0.29, 0.717) is 0 Å². The fraction of sp³-hybridized carbons (Fsp3) is 0.333. The predicted octanol–water partition coefficient (Wildman–Crippen LogP) is 4.08. The fourth-order valence-corrected chi connectivity index (χ4v) is 3.97. The number of nitrogens with zero attached hydrogens (tertiary/aromatic N) is 2. The highest BCUT2D eigenvalue weighted by atomic mass is 79.9. The zero-order valence-electron chi connectivity index (χ0n) is 12.7. The monoisotopic (exact) mass is 479 g/mol. The van der Waals surface area contributed by atoms with Crippen LogP contribution in [-0.2, 0) is 0 Å².